The molecule has 3 aromatic rings. The number of nitrogens with zero attached hydrogens (tertiary/aromatic N) is 3. The summed E-state index contributed by atoms with van der Waals surface area (Å²) in [5, 5.41) is 11.9. The molecule has 2 unspecified atom stereocenters. The first kappa shape index (κ1) is 20.1. The Morgan fingerprint density at radius 1 is 1.17 bits per heavy atom. The fraction of sp³-hybridized carbons (Fsp3) is 0.300. The van der Waals surface area contributed by atoms with Crippen molar-refractivity contribution in [2.75, 3.05) is 24.7 Å². The van der Waals surface area contributed by atoms with Gasteiger partial charge in [-0.3, -0.25) is 4.99 Å². The van der Waals surface area contributed by atoms with Crippen LogP contribution in [0.15, 0.2) is 44.9 Å². The Morgan fingerprint density at radius 2 is 1.93 bits per heavy atom. The largest absolute Gasteiger partial charge is 0.462 e. The minimum Gasteiger partial charge on any atom is -0.462 e. The Labute approximate surface area is 181 Å². The molecule has 4 rings (SSSR count). The summed E-state index contributed by atoms with van der Waals surface area (Å²) in [5.74, 6) is 4.87. The first-order valence-electron chi connectivity index (χ1n) is 9.27. The summed E-state index contributed by atoms with van der Waals surface area (Å²) in [4.78, 5) is 14.9. The van der Waals surface area contributed by atoms with Crippen molar-refractivity contribution in [3.05, 3.63) is 40.6 Å². The van der Waals surface area contributed by atoms with E-state index in [4.69, 9.17) is 4.74 Å². The molecule has 2 atom stereocenters. The molecule has 0 bridgehead atoms. The molecule has 29 heavy (non-hydrogen) atoms. The molecule has 9 heteroatoms. The third kappa shape index (κ3) is 5.04. The van der Waals surface area contributed by atoms with Crippen LogP contribution in [0, 0.1) is 0 Å². The van der Waals surface area contributed by atoms with Gasteiger partial charge >= 0.3 is 0 Å². The number of ether oxygens (including phenoxy) is 1. The maximum atomic E-state index is 6.06. The van der Waals surface area contributed by atoms with Crippen molar-refractivity contribution in [1.82, 2.24) is 15.3 Å². The summed E-state index contributed by atoms with van der Waals surface area (Å²) in [7, 11) is 0.0194. The Hall–Kier alpha value is -2.23. The Balaban J connectivity index is 1.40. The van der Waals surface area contributed by atoms with Gasteiger partial charge in [0.1, 0.15) is 17.5 Å². The van der Waals surface area contributed by atoms with E-state index in [0.29, 0.717) is 5.19 Å². The van der Waals surface area contributed by atoms with Gasteiger partial charge < -0.3 is 15.4 Å². The van der Waals surface area contributed by atoms with Gasteiger partial charge in [0.2, 0.25) is 0 Å². The number of aliphatic imine (C=N–C) groups is 1. The Bertz CT molecular complexity index is 1020. The second kappa shape index (κ2) is 9.06. The highest BCUT2D eigenvalue weighted by molar-refractivity contribution is 8.13. The molecule has 0 radical (unpaired) electrons. The number of aromatic nitrogens is 2. The zero-order chi connectivity index (χ0) is 20.2. The topological polar surface area (TPSA) is 71.4 Å². The first-order valence-corrected chi connectivity index (χ1v) is 12.8. The van der Waals surface area contributed by atoms with E-state index in [-0.39, 0.29) is 16.6 Å². The molecular weight excluding hydrogens is 422 g/mol. The van der Waals surface area contributed by atoms with Gasteiger partial charge in [-0.1, -0.05) is 29.3 Å². The summed E-state index contributed by atoms with van der Waals surface area (Å²) in [6.45, 7) is 3.82. The van der Waals surface area contributed by atoms with Gasteiger partial charge in [0.25, 0.3) is 5.19 Å². The van der Waals surface area contributed by atoms with Crippen LogP contribution in [0.5, 0.6) is 5.19 Å². The number of guanidine groups is 1. The SMILES string of the molecule is C=S(C)c1ccc(C(C)Oc2nc(-c3csc(NC4=NCCCN4)n3)cs2)cc1. The highest BCUT2D eigenvalue weighted by Crippen LogP contribution is 2.32. The van der Waals surface area contributed by atoms with E-state index in [0.717, 1.165) is 47.6 Å². The van der Waals surface area contributed by atoms with Crippen LogP contribution >= 0.6 is 33.2 Å². The number of hydrogen-bond acceptors (Lipinski definition) is 8. The van der Waals surface area contributed by atoms with Crippen molar-refractivity contribution in [2.45, 2.75) is 24.3 Å². The summed E-state index contributed by atoms with van der Waals surface area (Å²) in [5.41, 5.74) is 2.78. The van der Waals surface area contributed by atoms with Crippen molar-refractivity contribution in [1.29, 1.82) is 0 Å². The highest BCUT2D eigenvalue weighted by atomic mass is 32.2. The van der Waals surface area contributed by atoms with Gasteiger partial charge in [0, 0.05) is 28.7 Å². The van der Waals surface area contributed by atoms with Crippen molar-refractivity contribution in [3.8, 4) is 16.6 Å². The fourth-order valence-electron chi connectivity index (χ4n) is 2.79. The monoisotopic (exact) mass is 445 g/mol. The zero-order valence-electron chi connectivity index (χ0n) is 16.3. The van der Waals surface area contributed by atoms with E-state index in [1.807, 2.05) is 17.7 Å². The van der Waals surface area contributed by atoms with Gasteiger partial charge in [-0.25, -0.2) is 9.97 Å². The third-order valence-electron chi connectivity index (χ3n) is 4.40. The summed E-state index contributed by atoms with van der Waals surface area (Å²) >= 11 is 3.02. The van der Waals surface area contributed by atoms with E-state index >= 15 is 0 Å². The molecule has 6 nitrogen and oxygen atoms in total. The third-order valence-corrected chi connectivity index (χ3v) is 6.97. The van der Waals surface area contributed by atoms with Gasteiger partial charge in [0.15, 0.2) is 11.1 Å². The summed E-state index contributed by atoms with van der Waals surface area (Å²) in [6, 6.07) is 8.44. The maximum absolute atomic E-state index is 6.06. The van der Waals surface area contributed by atoms with Crippen LogP contribution < -0.4 is 15.4 Å². The number of anilines is 1. The average molecular weight is 446 g/mol. The summed E-state index contributed by atoms with van der Waals surface area (Å²) < 4.78 is 6.06. The van der Waals surface area contributed by atoms with Crippen molar-refractivity contribution < 1.29 is 4.74 Å². The van der Waals surface area contributed by atoms with Crippen molar-refractivity contribution >= 4 is 50.1 Å². The quantitative estimate of drug-likeness (QED) is 0.530. The molecule has 1 aliphatic heterocycles. The van der Waals surface area contributed by atoms with E-state index < -0.39 is 0 Å². The van der Waals surface area contributed by atoms with E-state index in [2.05, 4.69) is 62.0 Å². The van der Waals surface area contributed by atoms with Gasteiger partial charge in [-0.15, -0.1) is 11.3 Å². The van der Waals surface area contributed by atoms with E-state index in [1.54, 1.807) is 0 Å². The van der Waals surface area contributed by atoms with Crippen LogP contribution in [0.1, 0.15) is 25.0 Å². The molecule has 0 saturated heterocycles. The van der Waals surface area contributed by atoms with E-state index in [9.17, 15) is 0 Å². The molecule has 0 amide bonds. The molecule has 1 aliphatic rings. The van der Waals surface area contributed by atoms with Crippen LogP contribution in [0.25, 0.3) is 11.4 Å². The lowest BCUT2D eigenvalue weighted by Crippen LogP contribution is -2.35. The van der Waals surface area contributed by atoms with Crippen LogP contribution in [0.2, 0.25) is 0 Å². The number of nitrogens with one attached hydrogen (secondary N) is 2. The predicted molar refractivity (Wildman–Crippen MR) is 126 cm³/mol. The molecular formula is C20H23N5OS3. The molecule has 0 aliphatic carbocycles. The van der Waals surface area contributed by atoms with Crippen LogP contribution in [0.4, 0.5) is 5.13 Å². The highest BCUT2D eigenvalue weighted by Gasteiger charge is 2.14. The van der Waals surface area contributed by atoms with Crippen molar-refractivity contribution in [2.24, 2.45) is 4.99 Å². The van der Waals surface area contributed by atoms with Crippen LogP contribution in [-0.2, 0) is 0 Å². The number of benzene rings is 1. The maximum Gasteiger partial charge on any atom is 0.274 e. The lowest BCUT2D eigenvalue weighted by atomic mass is 10.1. The minimum absolute atomic E-state index is 0.0194. The molecule has 152 valence electrons. The smallest absolute Gasteiger partial charge is 0.274 e. The van der Waals surface area contributed by atoms with Gasteiger partial charge in [0.05, 0.1) is 0 Å². The normalized spacial score (nSPS) is 15.9. The van der Waals surface area contributed by atoms with Crippen LogP contribution in [0.3, 0.4) is 0 Å². The molecule has 0 spiro atoms. The molecule has 2 aromatic heterocycles. The zero-order valence-corrected chi connectivity index (χ0v) is 18.8. The average Bonchev–Trinajstić information content (AvgIpc) is 3.38. The second-order valence-corrected chi connectivity index (χ2v) is 10.1. The molecule has 0 saturated carbocycles. The van der Waals surface area contributed by atoms with Gasteiger partial charge in [-0.05, 0) is 37.3 Å². The number of rotatable bonds is 6. The van der Waals surface area contributed by atoms with Crippen LogP contribution in [-0.4, -0.2) is 41.1 Å². The second-order valence-electron chi connectivity index (χ2n) is 6.64. The molecule has 3 heterocycles. The molecule has 2 N–H and O–H groups in total. The van der Waals surface area contributed by atoms with E-state index in [1.165, 1.54) is 27.6 Å². The molecule has 1 aromatic carbocycles. The Kier molecular flexibility index (Phi) is 6.27. The standard InChI is InChI=1S/C20H23N5OS3/c1-13(14-5-7-15(8-6-14)29(2)3)26-20-24-17(12-28-20)16-11-27-19(23-16)25-18-21-9-4-10-22-18/h5-8,11-13H,2,4,9-10H2,1,3H3,(H2,21,22,23,25). The number of hydrogen-bond donors (Lipinski definition) is 2. The minimum atomic E-state index is -0.0745. The van der Waals surface area contributed by atoms with Crippen molar-refractivity contribution in [3.63, 3.8) is 0 Å². The van der Waals surface area contributed by atoms with Gasteiger partial charge in [-0.2, -0.15) is 10.5 Å². The summed E-state index contributed by atoms with van der Waals surface area (Å²) in [6.07, 6.45) is 3.10. The molecule has 0 fully saturated rings. The predicted octanol–water partition coefficient (Wildman–Crippen LogP) is 4.86. The lowest BCUT2D eigenvalue weighted by molar-refractivity contribution is 0.226. The number of thiazole rings is 2. The fourth-order valence-corrected chi connectivity index (χ4v) is 4.83. The Morgan fingerprint density at radius 3 is 2.66 bits per heavy atom. The first-order chi connectivity index (χ1) is 14.1. The lowest BCUT2D eigenvalue weighted by Gasteiger charge is -2.14.